The predicted octanol–water partition coefficient (Wildman–Crippen LogP) is 4.80. The van der Waals surface area contributed by atoms with Crippen molar-refractivity contribution in [2.24, 2.45) is 0 Å². The van der Waals surface area contributed by atoms with Crippen molar-refractivity contribution in [2.75, 3.05) is 4.90 Å². The summed E-state index contributed by atoms with van der Waals surface area (Å²) in [5, 5.41) is 11.2. The van der Waals surface area contributed by atoms with Crippen LogP contribution in [0.1, 0.15) is 24.3 Å². The molecule has 98 valence electrons. The van der Waals surface area contributed by atoms with E-state index in [0.29, 0.717) is 11.6 Å². The van der Waals surface area contributed by atoms with E-state index < -0.39 is 0 Å². The van der Waals surface area contributed by atoms with Gasteiger partial charge in [0.1, 0.15) is 0 Å². The molecule has 2 rings (SSSR count). The Morgan fingerprint density at radius 3 is 2.74 bits per heavy atom. The lowest BCUT2D eigenvalue weighted by Gasteiger charge is -2.29. The monoisotopic (exact) mass is 334 g/mol. The lowest BCUT2D eigenvalue weighted by atomic mass is 10.1. The van der Waals surface area contributed by atoms with Crippen LogP contribution < -0.4 is 4.90 Å². The highest BCUT2D eigenvalue weighted by atomic mass is 79.9. The van der Waals surface area contributed by atoms with Gasteiger partial charge in [0.15, 0.2) is 0 Å². The van der Waals surface area contributed by atoms with Crippen molar-refractivity contribution in [3.8, 4) is 6.07 Å². The molecule has 1 heterocycles. The molecule has 0 amide bonds. The first-order valence-electron chi connectivity index (χ1n) is 6.10. The quantitative estimate of drug-likeness (QED) is 0.803. The van der Waals surface area contributed by atoms with E-state index in [0.717, 1.165) is 16.7 Å². The molecule has 0 unspecified atom stereocenters. The van der Waals surface area contributed by atoms with Crippen molar-refractivity contribution in [3.63, 3.8) is 0 Å². The van der Waals surface area contributed by atoms with Gasteiger partial charge in [-0.3, -0.25) is 0 Å². The second-order valence-corrected chi connectivity index (χ2v) is 6.56. The Morgan fingerprint density at radius 1 is 1.37 bits per heavy atom. The molecule has 2 nitrogen and oxygen atoms in total. The summed E-state index contributed by atoms with van der Waals surface area (Å²) < 4.78 is 0.943. The topological polar surface area (TPSA) is 27.0 Å². The fourth-order valence-electron chi connectivity index (χ4n) is 1.95. The zero-order chi connectivity index (χ0) is 13.8. The average molecular weight is 335 g/mol. The van der Waals surface area contributed by atoms with Crippen molar-refractivity contribution in [1.29, 1.82) is 5.26 Å². The molecule has 1 aromatic carbocycles. The van der Waals surface area contributed by atoms with E-state index in [1.165, 1.54) is 4.88 Å². The average Bonchev–Trinajstić information content (AvgIpc) is 2.87. The lowest BCUT2D eigenvalue weighted by Crippen LogP contribution is -2.29. The number of nitrogens with zero attached hydrogens (tertiary/aromatic N) is 2. The predicted molar refractivity (Wildman–Crippen MR) is 84.5 cm³/mol. The van der Waals surface area contributed by atoms with Crippen LogP contribution in [-0.4, -0.2) is 6.04 Å². The van der Waals surface area contributed by atoms with Crippen LogP contribution in [0.15, 0.2) is 40.2 Å². The van der Waals surface area contributed by atoms with Gasteiger partial charge in [0.25, 0.3) is 0 Å². The molecule has 0 spiro atoms. The zero-order valence-electron chi connectivity index (χ0n) is 10.9. The van der Waals surface area contributed by atoms with Crippen LogP contribution in [0.25, 0.3) is 0 Å². The van der Waals surface area contributed by atoms with Gasteiger partial charge in [-0.2, -0.15) is 5.26 Å². The number of rotatable bonds is 4. The summed E-state index contributed by atoms with van der Waals surface area (Å²) in [7, 11) is 0. The highest BCUT2D eigenvalue weighted by Crippen LogP contribution is 2.26. The minimum Gasteiger partial charge on any atom is -0.364 e. The first-order valence-corrected chi connectivity index (χ1v) is 7.77. The molecule has 2 aromatic rings. The normalized spacial score (nSPS) is 10.5. The summed E-state index contributed by atoms with van der Waals surface area (Å²) >= 11 is 5.23. The Kier molecular flexibility index (Phi) is 4.62. The smallest absolute Gasteiger partial charge is 0.0992 e. The van der Waals surface area contributed by atoms with Crippen LogP contribution in [0.4, 0.5) is 5.69 Å². The molecule has 0 aliphatic rings. The summed E-state index contributed by atoms with van der Waals surface area (Å²) in [6.07, 6.45) is 0. The molecule has 4 heteroatoms. The maximum atomic E-state index is 9.08. The van der Waals surface area contributed by atoms with Crippen molar-refractivity contribution in [3.05, 3.63) is 50.6 Å². The summed E-state index contributed by atoms with van der Waals surface area (Å²) in [6.45, 7) is 5.21. The number of hydrogen-bond donors (Lipinski definition) is 0. The molecule has 0 radical (unpaired) electrons. The maximum absolute atomic E-state index is 9.08. The molecule has 0 saturated carbocycles. The van der Waals surface area contributed by atoms with Gasteiger partial charge >= 0.3 is 0 Å². The Balaban J connectivity index is 2.34. The Hall–Kier alpha value is -1.31. The number of anilines is 1. The Morgan fingerprint density at radius 2 is 2.16 bits per heavy atom. The molecule has 0 atom stereocenters. The van der Waals surface area contributed by atoms with Crippen LogP contribution in [0.3, 0.4) is 0 Å². The largest absolute Gasteiger partial charge is 0.364 e. The van der Waals surface area contributed by atoms with Crippen LogP contribution in [0.2, 0.25) is 0 Å². The third-order valence-corrected chi connectivity index (χ3v) is 4.19. The van der Waals surface area contributed by atoms with Gasteiger partial charge in [0.05, 0.1) is 18.2 Å². The number of nitriles is 1. The Bertz CT molecular complexity index is 585. The number of thiophene rings is 1. The zero-order valence-corrected chi connectivity index (χ0v) is 13.3. The van der Waals surface area contributed by atoms with Crippen LogP contribution in [-0.2, 0) is 6.54 Å². The SMILES string of the molecule is CC(C)N(Cc1cccs1)c1cc(Br)cc(C#N)c1. The minimum absolute atomic E-state index is 0.378. The van der Waals surface area contributed by atoms with Crippen LogP contribution >= 0.6 is 27.3 Å². The van der Waals surface area contributed by atoms with Crippen LogP contribution in [0.5, 0.6) is 0 Å². The molecule has 0 N–H and O–H groups in total. The van der Waals surface area contributed by atoms with Crippen molar-refractivity contribution in [2.45, 2.75) is 26.4 Å². The number of halogens is 1. The first-order chi connectivity index (χ1) is 9.10. The van der Waals surface area contributed by atoms with Gasteiger partial charge in [-0.05, 0) is 43.5 Å². The number of hydrogen-bond acceptors (Lipinski definition) is 3. The van der Waals surface area contributed by atoms with Crippen molar-refractivity contribution in [1.82, 2.24) is 0 Å². The first kappa shape index (κ1) is 14.1. The van der Waals surface area contributed by atoms with E-state index in [1.807, 2.05) is 12.1 Å². The summed E-state index contributed by atoms with van der Waals surface area (Å²) in [5.41, 5.74) is 1.76. The van der Waals surface area contributed by atoms with Gasteiger partial charge in [-0.25, -0.2) is 0 Å². The van der Waals surface area contributed by atoms with Crippen LogP contribution in [0, 0.1) is 11.3 Å². The minimum atomic E-state index is 0.378. The number of benzene rings is 1. The van der Waals surface area contributed by atoms with Gasteiger partial charge in [-0.1, -0.05) is 22.0 Å². The van der Waals surface area contributed by atoms with Gasteiger partial charge < -0.3 is 4.90 Å². The molecule has 0 bridgehead atoms. The highest BCUT2D eigenvalue weighted by molar-refractivity contribution is 9.10. The summed E-state index contributed by atoms with van der Waals surface area (Å²) in [4.78, 5) is 3.63. The Labute approximate surface area is 126 Å². The van der Waals surface area contributed by atoms with E-state index in [2.05, 4.69) is 64.3 Å². The van der Waals surface area contributed by atoms with E-state index in [4.69, 9.17) is 5.26 Å². The second kappa shape index (κ2) is 6.23. The van der Waals surface area contributed by atoms with Crippen molar-refractivity contribution < 1.29 is 0 Å². The van der Waals surface area contributed by atoms with E-state index in [9.17, 15) is 0 Å². The third kappa shape index (κ3) is 3.59. The molecule has 0 saturated heterocycles. The lowest BCUT2D eigenvalue weighted by molar-refractivity contribution is 0.687. The fraction of sp³-hybridized carbons (Fsp3) is 0.267. The fourth-order valence-corrected chi connectivity index (χ4v) is 3.13. The van der Waals surface area contributed by atoms with Crippen molar-refractivity contribution >= 4 is 33.0 Å². The maximum Gasteiger partial charge on any atom is 0.0992 e. The molecular weight excluding hydrogens is 320 g/mol. The molecular formula is C15H15BrN2S. The summed E-state index contributed by atoms with van der Waals surface area (Å²) in [6, 6.07) is 12.6. The second-order valence-electron chi connectivity index (χ2n) is 4.61. The molecule has 0 fully saturated rings. The molecule has 0 aliphatic carbocycles. The standard InChI is InChI=1S/C15H15BrN2S/c1-11(2)18(10-15-4-3-5-19-15)14-7-12(9-17)6-13(16)8-14/h3-8,11H,10H2,1-2H3. The highest BCUT2D eigenvalue weighted by Gasteiger charge is 2.13. The van der Waals surface area contributed by atoms with Gasteiger partial charge in [0.2, 0.25) is 0 Å². The van der Waals surface area contributed by atoms with E-state index >= 15 is 0 Å². The summed E-state index contributed by atoms with van der Waals surface area (Å²) in [5.74, 6) is 0. The molecule has 0 aliphatic heterocycles. The van der Waals surface area contributed by atoms with E-state index in [-0.39, 0.29) is 0 Å². The van der Waals surface area contributed by atoms with Gasteiger partial charge in [-0.15, -0.1) is 11.3 Å². The molecule has 1 aromatic heterocycles. The molecule has 19 heavy (non-hydrogen) atoms. The van der Waals surface area contributed by atoms with Gasteiger partial charge in [0, 0.05) is 21.1 Å². The third-order valence-electron chi connectivity index (χ3n) is 2.87. The van der Waals surface area contributed by atoms with E-state index in [1.54, 1.807) is 11.3 Å².